The van der Waals surface area contributed by atoms with Crippen molar-refractivity contribution in [1.29, 1.82) is 0 Å². The lowest BCUT2D eigenvalue weighted by atomic mass is 9.77. The van der Waals surface area contributed by atoms with Crippen LogP contribution in [0.5, 0.6) is 0 Å². The molecule has 4 rings (SSSR count). The fourth-order valence-corrected chi connectivity index (χ4v) is 6.52. The molecule has 0 aromatic heterocycles. The number of hydroxylamine groups is 1. The van der Waals surface area contributed by atoms with E-state index in [4.69, 9.17) is 4.84 Å². The van der Waals surface area contributed by atoms with Crippen molar-refractivity contribution >= 4 is 21.4 Å². The zero-order valence-electron chi connectivity index (χ0n) is 19.6. The minimum Gasteiger partial charge on any atom is -0.340 e. The minimum atomic E-state index is -3.50. The molecule has 0 bridgehead atoms. The Morgan fingerprint density at radius 3 is 2.22 bits per heavy atom. The summed E-state index contributed by atoms with van der Waals surface area (Å²) < 4.78 is 27.7. The van der Waals surface area contributed by atoms with Crippen molar-refractivity contribution in [3.8, 4) is 0 Å². The largest absolute Gasteiger partial charge is 0.340 e. The molecule has 0 saturated carbocycles. The molecule has 2 aromatic carbocycles. The van der Waals surface area contributed by atoms with Gasteiger partial charge < -0.3 is 4.90 Å². The van der Waals surface area contributed by atoms with Crippen LogP contribution in [0.4, 0.5) is 5.69 Å². The van der Waals surface area contributed by atoms with Gasteiger partial charge in [-0.25, -0.2) is 13.3 Å². The first-order chi connectivity index (χ1) is 15.2. The summed E-state index contributed by atoms with van der Waals surface area (Å²) in [5.74, 6) is 0. The third-order valence-corrected chi connectivity index (χ3v) is 8.65. The smallest absolute Gasteiger partial charge is 0.243 e. The number of sulfonamides is 1. The fraction of sp³-hybridized carbons (Fsp3) is 0.440. The Balaban J connectivity index is 1.65. The van der Waals surface area contributed by atoms with E-state index in [0.29, 0.717) is 18.0 Å². The third kappa shape index (κ3) is 3.34. The molecular formula is C25H33N3O3S. The van der Waals surface area contributed by atoms with Crippen LogP contribution in [-0.2, 0) is 20.3 Å². The van der Waals surface area contributed by atoms with Gasteiger partial charge in [0, 0.05) is 31.2 Å². The maximum absolute atomic E-state index is 13.1. The van der Waals surface area contributed by atoms with E-state index in [9.17, 15) is 8.42 Å². The molecule has 7 heteroatoms. The lowest BCUT2D eigenvalue weighted by Gasteiger charge is -2.39. The molecule has 0 saturated heterocycles. The van der Waals surface area contributed by atoms with Crippen LogP contribution in [0.3, 0.4) is 0 Å². The summed E-state index contributed by atoms with van der Waals surface area (Å²) in [5, 5.41) is 0. The highest BCUT2D eigenvalue weighted by Crippen LogP contribution is 2.54. The van der Waals surface area contributed by atoms with Gasteiger partial charge in [0.15, 0.2) is 5.72 Å². The molecule has 172 valence electrons. The number of likely N-dealkylation sites (N-methyl/N-ethyl adjacent to an activating group) is 1. The zero-order valence-corrected chi connectivity index (χ0v) is 20.4. The lowest BCUT2D eigenvalue weighted by molar-refractivity contribution is -0.0678. The molecule has 2 heterocycles. The van der Waals surface area contributed by atoms with Gasteiger partial charge in [-0.05, 0) is 48.2 Å². The average molecular weight is 456 g/mol. The molecule has 0 fully saturated rings. The van der Waals surface area contributed by atoms with E-state index in [1.807, 2.05) is 39.1 Å². The van der Waals surface area contributed by atoms with Crippen LogP contribution in [0.25, 0.3) is 5.70 Å². The van der Waals surface area contributed by atoms with E-state index >= 15 is 0 Å². The quantitative estimate of drug-likeness (QED) is 0.666. The van der Waals surface area contributed by atoms with Crippen LogP contribution in [0.1, 0.15) is 51.7 Å². The van der Waals surface area contributed by atoms with E-state index in [2.05, 4.69) is 48.5 Å². The van der Waals surface area contributed by atoms with Gasteiger partial charge in [-0.1, -0.05) is 58.0 Å². The molecule has 0 radical (unpaired) electrons. The minimum absolute atomic E-state index is 0.281. The summed E-state index contributed by atoms with van der Waals surface area (Å²) >= 11 is 0. The second-order valence-corrected chi connectivity index (χ2v) is 11.0. The molecule has 2 aliphatic rings. The third-order valence-electron chi connectivity index (χ3n) is 6.74. The highest BCUT2D eigenvalue weighted by molar-refractivity contribution is 7.89. The van der Waals surface area contributed by atoms with Gasteiger partial charge in [-0.2, -0.15) is 4.31 Å². The van der Waals surface area contributed by atoms with Crippen LogP contribution in [0, 0.1) is 0 Å². The van der Waals surface area contributed by atoms with Crippen LogP contribution < -0.4 is 10.4 Å². The van der Waals surface area contributed by atoms with E-state index in [0.717, 1.165) is 29.8 Å². The molecule has 6 nitrogen and oxygen atoms in total. The van der Waals surface area contributed by atoms with Gasteiger partial charge in [0.25, 0.3) is 0 Å². The lowest BCUT2D eigenvalue weighted by Crippen LogP contribution is -2.54. The predicted octanol–water partition coefficient (Wildman–Crippen LogP) is 4.50. The van der Waals surface area contributed by atoms with Gasteiger partial charge >= 0.3 is 0 Å². The van der Waals surface area contributed by atoms with E-state index in [1.165, 1.54) is 5.56 Å². The molecule has 0 amide bonds. The Morgan fingerprint density at radius 1 is 1.00 bits per heavy atom. The van der Waals surface area contributed by atoms with Crippen LogP contribution >= 0.6 is 0 Å². The molecule has 1 N–H and O–H groups in total. The van der Waals surface area contributed by atoms with Crippen molar-refractivity contribution in [1.82, 2.24) is 9.79 Å². The number of rotatable bonds is 7. The summed E-state index contributed by atoms with van der Waals surface area (Å²) in [5.41, 5.74) is 6.25. The highest BCUT2D eigenvalue weighted by atomic mass is 32.2. The van der Waals surface area contributed by atoms with E-state index in [-0.39, 0.29) is 5.41 Å². The number of para-hydroxylation sites is 1. The second kappa shape index (κ2) is 8.21. The van der Waals surface area contributed by atoms with Gasteiger partial charge in [-0.15, -0.1) is 0 Å². The molecule has 32 heavy (non-hydrogen) atoms. The summed E-state index contributed by atoms with van der Waals surface area (Å²) in [4.78, 5) is 8.72. The van der Waals surface area contributed by atoms with Crippen LogP contribution in [0.2, 0.25) is 0 Å². The molecular weight excluding hydrogens is 422 g/mol. The maximum atomic E-state index is 13.1. The second-order valence-electron chi connectivity index (χ2n) is 9.09. The van der Waals surface area contributed by atoms with Crippen molar-refractivity contribution in [3.05, 3.63) is 65.7 Å². The number of nitrogens with zero attached hydrogens (tertiary/aromatic N) is 2. The number of anilines is 1. The number of hydrogen-bond donors (Lipinski definition) is 1. The standard InChI is InChI=1S/C25H33N3O3S/c1-6-16-28(17-7-2)32(29,30)20-14-12-19(13-15-20)22-18-25(31-26-22)24(3,4)21-10-8-9-11-23(21)27(25)5/h8-15,18,26H,6-7,16-17H2,1-5H3/t25-/m1/s1. The molecule has 0 aliphatic carbocycles. The predicted molar refractivity (Wildman–Crippen MR) is 129 cm³/mol. The van der Waals surface area contributed by atoms with Gasteiger partial charge in [-0.3, -0.25) is 5.48 Å². The summed E-state index contributed by atoms with van der Waals surface area (Å²) in [6.07, 6.45) is 3.69. The first-order valence-corrected chi connectivity index (χ1v) is 12.7. The Labute approximate surface area is 191 Å². The Hall–Kier alpha value is -2.35. The fourth-order valence-electron chi connectivity index (χ4n) is 4.90. The van der Waals surface area contributed by atoms with Crippen molar-refractivity contribution < 1.29 is 13.3 Å². The normalized spacial score (nSPS) is 21.7. The van der Waals surface area contributed by atoms with Crippen molar-refractivity contribution in [3.63, 3.8) is 0 Å². The molecule has 0 unspecified atom stereocenters. The maximum Gasteiger partial charge on any atom is 0.243 e. The first kappa shape index (κ1) is 22.8. The monoisotopic (exact) mass is 455 g/mol. The summed E-state index contributed by atoms with van der Waals surface area (Å²) in [7, 11) is -1.46. The number of benzene rings is 2. The Morgan fingerprint density at radius 2 is 1.62 bits per heavy atom. The highest BCUT2D eigenvalue weighted by Gasteiger charge is 2.58. The summed E-state index contributed by atoms with van der Waals surface area (Å²) in [6, 6.07) is 15.4. The SMILES string of the molecule is CCCN(CCC)S(=O)(=O)c1ccc(C2=C[C@]3(ON2)N(C)c2ccccc2C3(C)C)cc1. The Bertz CT molecular complexity index is 1120. The average Bonchev–Trinajstić information content (AvgIpc) is 3.31. The number of nitrogens with one attached hydrogen (secondary N) is 1. The van der Waals surface area contributed by atoms with Crippen molar-refractivity contribution in [2.75, 3.05) is 25.0 Å². The topological polar surface area (TPSA) is 61.9 Å². The number of hydrogen-bond acceptors (Lipinski definition) is 5. The van der Waals surface area contributed by atoms with Crippen LogP contribution in [0.15, 0.2) is 59.5 Å². The number of fused-ring (bicyclic) bond motifs is 1. The van der Waals surface area contributed by atoms with E-state index < -0.39 is 15.7 Å². The Kier molecular flexibility index (Phi) is 5.86. The zero-order chi connectivity index (χ0) is 23.1. The molecule has 1 atom stereocenters. The van der Waals surface area contributed by atoms with Gasteiger partial charge in [0.05, 0.1) is 10.6 Å². The van der Waals surface area contributed by atoms with E-state index in [1.54, 1.807) is 16.4 Å². The van der Waals surface area contributed by atoms with Gasteiger partial charge in [0.2, 0.25) is 10.0 Å². The molecule has 1 spiro atoms. The van der Waals surface area contributed by atoms with Crippen molar-refractivity contribution in [2.45, 2.75) is 56.6 Å². The first-order valence-electron chi connectivity index (χ1n) is 11.3. The van der Waals surface area contributed by atoms with Crippen molar-refractivity contribution in [2.24, 2.45) is 0 Å². The molecule has 2 aromatic rings. The van der Waals surface area contributed by atoms with Crippen LogP contribution in [-0.4, -0.2) is 38.6 Å². The molecule has 2 aliphatic heterocycles. The van der Waals surface area contributed by atoms with Gasteiger partial charge in [0.1, 0.15) is 0 Å². The summed E-state index contributed by atoms with van der Waals surface area (Å²) in [6.45, 7) is 9.42.